The van der Waals surface area contributed by atoms with Gasteiger partial charge >= 0.3 is 11.9 Å². The maximum Gasteiger partial charge on any atom is 0.306 e. The predicted molar refractivity (Wildman–Crippen MR) is 117 cm³/mol. The van der Waals surface area contributed by atoms with Crippen molar-refractivity contribution in [2.24, 2.45) is 17.8 Å². The monoisotopic (exact) mass is 398 g/mol. The molecule has 2 unspecified atom stereocenters. The van der Waals surface area contributed by atoms with Crippen molar-refractivity contribution in [3.8, 4) is 0 Å². The smallest absolute Gasteiger partial charge is 0.306 e. The second-order valence-corrected chi connectivity index (χ2v) is 8.21. The quantitative estimate of drug-likeness (QED) is 0.574. The van der Waals surface area contributed by atoms with Gasteiger partial charge in [0.05, 0.1) is 5.92 Å². The molecular formula is C25H34O4. The minimum absolute atomic E-state index is 0.00646. The van der Waals surface area contributed by atoms with Gasteiger partial charge in [0.2, 0.25) is 0 Å². The molecule has 0 aliphatic carbocycles. The zero-order valence-corrected chi connectivity index (χ0v) is 18.0. The van der Waals surface area contributed by atoms with Gasteiger partial charge in [-0.05, 0) is 49.1 Å². The van der Waals surface area contributed by atoms with Gasteiger partial charge in [-0.1, -0.05) is 80.9 Å². The summed E-state index contributed by atoms with van der Waals surface area (Å²) in [5.41, 5.74) is 3.84. The van der Waals surface area contributed by atoms with Crippen LogP contribution in [0.2, 0.25) is 0 Å². The molecule has 0 bridgehead atoms. The Bertz CT molecular complexity index is 735. The standard InChI is InChI=1S/C14H18O4.C11H16/c1-10(14(17)18)7-12(9-13(15)16)8-11-5-3-2-4-6-11;1-9(2)8-11-6-4-10(3)5-7-11/h2-6,10,12H,7-9H2,1H3,(H,15,16)(H,17,18);4-7,9H,8H2,1-3H3. The molecule has 4 nitrogen and oxygen atoms in total. The van der Waals surface area contributed by atoms with Crippen LogP contribution in [0.1, 0.15) is 50.3 Å². The first-order valence-corrected chi connectivity index (χ1v) is 10.2. The lowest BCUT2D eigenvalue weighted by atomic mass is 9.88. The van der Waals surface area contributed by atoms with E-state index in [0.717, 1.165) is 11.5 Å². The van der Waals surface area contributed by atoms with Crippen molar-refractivity contribution in [1.82, 2.24) is 0 Å². The number of rotatable bonds is 9. The highest BCUT2D eigenvalue weighted by Crippen LogP contribution is 2.21. The Labute approximate surface area is 174 Å². The molecule has 0 spiro atoms. The van der Waals surface area contributed by atoms with Gasteiger partial charge in [0.25, 0.3) is 0 Å². The Kier molecular flexibility index (Phi) is 10.7. The van der Waals surface area contributed by atoms with Gasteiger partial charge in [-0.3, -0.25) is 9.59 Å². The summed E-state index contributed by atoms with van der Waals surface area (Å²) in [5, 5.41) is 17.7. The fraction of sp³-hybridized carbons (Fsp3) is 0.440. The second kappa shape index (κ2) is 12.8. The summed E-state index contributed by atoms with van der Waals surface area (Å²) in [5.74, 6) is -1.65. The molecule has 4 heteroatoms. The molecule has 0 saturated heterocycles. The van der Waals surface area contributed by atoms with Crippen molar-refractivity contribution in [1.29, 1.82) is 0 Å². The number of benzene rings is 2. The van der Waals surface area contributed by atoms with Crippen LogP contribution in [0.15, 0.2) is 54.6 Å². The number of aryl methyl sites for hydroxylation is 1. The zero-order chi connectivity index (χ0) is 21.8. The molecule has 2 rings (SSSR count). The highest BCUT2D eigenvalue weighted by atomic mass is 16.4. The molecule has 2 aromatic rings. The van der Waals surface area contributed by atoms with E-state index in [1.54, 1.807) is 6.92 Å². The molecule has 158 valence electrons. The molecule has 0 aliphatic rings. The lowest BCUT2D eigenvalue weighted by Crippen LogP contribution is -2.18. The van der Waals surface area contributed by atoms with Crippen LogP contribution >= 0.6 is 0 Å². The molecule has 29 heavy (non-hydrogen) atoms. The summed E-state index contributed by atoms with van der Waals surface area (Å²) in [6.07, 6.45) is 2.19. The average molecular weight is 399 g/mol. The van der Waals surface area contributed by atoms with E-state index >= 15 is 0 Å². The summed E-state index contributed by atoms with van der Waals surface area (Å²) < 4.78 is 0. The van der Waals surface area contributed by atoms with Crippen LogP contribution in [-0.2, 0) is 22.4 Å². The number of carboxylic acid groups (broad SMARTS) is 2. The largest absolute Gasteiger partial charge is 0.481 e. The summed E-state index contributed by atoms with van der Waals surface area (Å²) in [6, 6.07) is 18.3. The molecule has 0 radical (unpaired) electrons. The predicted octanol–water partition coefficient (Wildman–Crippen LogP) is 5.62. The fourth-order valence-corrected chi connectivity index (χ4v) is 3.23. The van der Waals surface area contributed by atoms with Crippen LogP contribution in [0.4, 0.5) is 0 Å². The topological polar surface area (TPSA) is 74.6 Å². The molecule has 0 aliphatic heterocycles. The van der Waals surface area contributed by atoms with Crippen molar-refractivity contribution in [2.75, 3.05) is 0 Å². The van der Waals surface area contributed by atoms with Crippen LogP contribution in [0.5, 0.6) is 0 Å². The van der Waals surface area contributed by atoms with Crippen molar-refractivity contribution >= 4 is 11.9 Å². The van der Waals surface area contributed by atoms with Crippen molar-refractivity contribution in [2.45, 2.75) is 53.4 Å². The highest BCUT2D eigenvalue weighted by Gasteiger charge is 2.20. The molecular weight excluding hydrogens is 364 g/mol. The van der Waals surface area contributed by atoms with Gasteiger partial charge in [-0.15, -0.1) is 0 Å². The molecule has 2 atom stereocenters. The SMILES string of the molecule is CC(CC(CC(=O)O)Cc1ccccc1)C(=O)O.Cc1ccc(CC(C)C)cc1. The molecule has 0 aromatic heterocycles. The zero-order valence-electron chi connectivity index (χ0n) is 18.0. The van der Waals surface area contributed by atoms with Crippen molar-refractivity contribution in [3.05, 3.63) is 71.3 Å². The first-order valence-electron chi connectivity index (χ1n) is 10.2. The van der Waals surface area contributed by atoms with Gasteiger partial charge < -0.3 is 10.2 Å². The third-order valence-corrected chi connectivity index (χ3v) is 4.70. The van der Waals surface area contributed by atoms with Crippen LogP contribution in [0, 0.1) is 24.7 Å². The third kappa shape index (κ3) is 11.1. The first kappa shape index (κ1) is 24.4. The molecule has 0 heterocycles. The Morgan fingerprint density at radius 2 is 1.38 bits per heavy atom. The summed E-state index contributed by atoms with van der Waals surface area (Å²) in [7, 11) is 0. The number of hydrogen-bond acceptors (Lipinski definition) is 2. The minimum atomic E-state index is -0.881. The maximum absolute atomic E-state index is 10.8. The second-order valence-electron chi connectivity index (χ2n) is 8.21. The maximum atomic E-state index is 10.8. The van der Waals surface area contributed by atoms with Crippen molar-refractivity contribution in [3.63, 3.8) is 0 Å². The normalized spacial score (nSPS) is 12.6. The van der Waals surface area contributed by atoms with E-state index in [2.05, 4.69) is 45.0 Å². The van der Waals surface area contributed by atoms with Crippen LogP contribution in [0.25, 0.3) is 0 Å². The number of carboxylic acids is 2. The third-order valence-electron chi connectivity index (χ3n) is 4.70. The summed E-state index contributed by atoms with van der Waals surface area (Å²) in [4.78, 5) is 21.6. The van der Waals surface area contributed by atoms with E-state index in [-0.39, 0.29) is 12.3 Å². The van der Waals surface area contributed by atoms with Gasteiger partial charge in [-0.2, -0.15) is 0 Å². The molecule has 2 aromatic carbocycles. The Hall–Kier alpha value is -2.62. The lowest BCUT2D eigenvalue weighted by molar-refractivity contribution is -0.143. The van der Waals surface area contributed by atoms with Gasteiger partial charge in [0.1, 0.15) is 0 Å². The van der Waals surface area contributed by atoms with E-state index in [0.29, 0.717) is 12.8 Å². The van der Waals surface area contributed by atoms with E-state index < -0.39 is 17.9 Å². The Balaban J connectivity index is 0.000000326. The summed E-state index contributed by atoms with van der Waals surface area (Å²) >= 11 is 0. The van der Waals surface area contributed by atoms with Gasteiger partial charge in [0, 0.05) is 6.42 Å². The number of aliphatic carboxylic acids is 2. The molecule has 0 fully saturated rings. The molecule has 2 N–H and O–H groups in total. The lowest BCUT2D eigenvalue weighted by Gasteiger charge is -2.17. The van der Waals surface area contributed by atoms with Crippen LogP contribution in [0.3, 0.4) is 0 Å². The molecule has 0 saturated carbocycles. The van der Waals surface area contributed by atoms with E-state index in [1.165, 1.54) is 17.5 Å². The minimum Gasteiger partial charge on any atom is -0.481 e. The van der Waals surface area contributed by atoms with E-state index in [1.807, 2.05) is 30.3 Å². The van der Waals surface area contributed by atoms with Crippen molar-refractivity contribution < 1.29 is 19.8 Å². The Morgan fingerprint density at radius 3 is 1.86 bits per heavy atom. The molecule has 0 amide bonds. The van der Waals surface area contributed by atoms with Gasteiger partial charge in [-0.25, -0.2) is 0 Å². The first-order chi connectivity index (χ1) is 13.7. The Morgan fingerprint density at radius 1 is 0.828 bits per heavy atom. The number of hydrogen-bond donors (Lipinski definition) is 2. The number of carbonyl (C=O) groups is 2. The average Bonchev–Trinajstić information content (AvgIpc) is 2.64. The van der Waals surface area contributed by atoms with E-state index in [4.69, 9.17) is 10.2 Å². The van der Waals surface area contributed by atoms with E-state index in [9.17, 15) is 9.59 Å². The highest BCUT2D eigenvalue weighted by molar-refractivity contribution is 5.70. The van der Waals surface area contributed by atoms with Crippen LogP contribution in [-0.4, -0.2) is 22.2 Å². The summed E-state index contributed by atoms with van der Waals surface area (Å²) in [6.45, 7) is 8.24. The van der Waals surface area contributed by atoms with Gasteiger partial charge in [0.15, 0.2) is 0 Å². The fourth-order valence-electron chi connectivity index (χ4n) is 3.23. The van der Waals surface area contributed by atoms with Crippen LogP contribution < -0.4 is 0 Å².